The second kappa shape index (κ2) is 5.79. The molecule has 0 bridgehead atoms. The molecule has 6 heteroatoms. The molecule has 0 aliphatic heterocycles. The third kappa shape index (κ3) is 3.00. The number of nitrogens with two attached hydrogens (primary N) is 1. The first kappa shape index (κ1) is 14.1. The number of benzene rings is 2. The van der Waals surface area contributed by atoms with Gasteiger partial charge in [-0.1, -0.05) is 23.7 Å². The maximum absolute atomic E-state index is 13.7. The molecule has 0 heterocycles. The number of aromatic carboxylic acids is 1. The number of anilines is 1. The molecule has 0 aliphatic rings. The van der Waals surface area contributed by atoms with Gasteiger partial charge in [-0.25, -0.2) is 9.18 Å². The Balaban J connectivity index is 2.15. The van der Waals surface area contributed by atoms with Crippen LogP contribution in [0, 0.1) is 5.82 Å². The van der Waals surface area contributed by atoms with Crippen molar-refractivity contribution in [2.45, 2.75) is 6.61 Å². The number of hydrogen-bond donors (Lipinski definition) is 2. The van der Waals surface area contributed by atoms with Crippen LogP contribution in [0.1, 0.15) is 15.9 Å². The van der Waals surface area contributed by atoms with Crippen LogP contribution in [0.25, 0.3) is 0 Å². The zero-order valence-corrected chi connectivity index (χ0v) is 11.0. The average Bonchev–Trinajstić information content (AvgIpc) is 2.41. The van der Waals surface area contributed by atoms with Crippen LogP contribution in [0.2, 0.25) is 5.02 Å². The minimum absolute atomic E-state index is 0.0142. The van der Waals surface area contributed by atoms with Gasteiger partial charge in [0.2, 0.25) is 0 Å². The molecule has 0 aromatic heterocycles. The van der Waals surface area contributed by atoms with E-state index in [1.165, 1.54) is 24.3 Å². The van der Waals surface area contributed by atoms with E-state index in [0.29, 0.717) is 5.56 Å². The monoisotopic (exact) mass is 295 g/mol. The lowest BCUT2D eigenvalue weighted by Gasteiger charge is -2.10. The molecule has 3 N–H and O–H groups in total. The Kier molecular flexibility index (Phi) is 4.10. The average molecular weight is 296 g/mol. The number of hydrogen-bond acceptors (Lipinski definition) is 3. The van der Waals surface area contributed by atoms with Crippen molar-refractivity contribution in [3.8, 4) is 5.75 Å². The summed E-state index contributed by atoms with van der Waals surface area (Å²) < 4.78 is 19.0. The van der Waals surface area contributed by atoms with Crippen LogP contribution in [0.3, 0.4) is 0 Å². The van der Waals surface area contributed by atoms with Gasteiger partial charge in [-0.3, -0.25) is 0 Å². The molecule has 0 unspecified atom stereocenters. The molecule has 0 radical (unpaired) electrons. The van der Waals surface area contributed by atoms with E-state index in [4.69, 9.17) is 27.2 Å². The first-order valence-corrected chi connectivity index (χ1v) is 6.05. The first-order valence-electron chi connectivity index (χ1n) is 5.67. The fourth-order valence-electron chi connectivity index (χ4n) is 1.63. The third-order valence-corrected chi connectivity index (χ3v) is 2.96. The molecule has 0 aliphatic carbocycles. The molecule has 0 amide bonds. The van der Waals surface area contributed by atoms with Crippen molar-refractivity contribution in [2.24, 2.45) is 0 Å². The van der Waals surface area contributed by atoms with Crippen molar-refractivity contribution in [1.82, 2.24) is 0 Å². The molecule has 104 valence electrons. The largest absolute Gasteiger partial charge is 0.487 e. The number of halogens is 2. The zero-order valence-electron chi connectivity index (χ0n) is 10.3. The predicted molar refractivity (Wildman–Crippen MR) is 73.6 cm³/mol. The van der Waals surface area contributed by atoms with E-state index in [9.17, 15) is 9.18 Å². The maximum atomic E-state index is 13.7. The lowest BCUT2D eigenvalue weighted by molar-refractivity contribution is 0.0697. The molecule has 0 fully saturated rings. The second-order valence-electron chi connectivity index (χ2n) is 4.06. The summed E-state index contributed by atoms with van der Waals surface area (Å²) in [5.41, 5.74) is 6.21. The summed E-state index contributed by atoms with van der Waals surface area (Å²) in [6, 6.07) is 8.68. The van der Waals surface area contributed by atoms with Gasteiger partial charge in [0.1, 0.15) is 18.2 Å². The van der Waals surface area contributed by atoms with Crippen LogP contribution < -0.4 is 10.5 Å². The molecule has 0 spiro atoms. The van der Waals surface area contributed by atoms with Crippen molar-refractivity contribution in [2.75, 3.05) is 5.73 Å². The normalized spacial score (nSPS) is 10.3. The summed E-state index contributed by atoms with van der Waals surface area (Å²) in [6.07, 6.45) is 0. The Hall–Kier alpha value is -2.27. The molecular weight excluding hydrogens is 285 g/mol. The molecule has 2 rings (SSSR count). The maximum Gasteiger partial charge on any atom is 0.335 e. The highest BCUT2D eigenvalue weighted by molar-refractivity contribution is 6.30. The smallest absolute Gasteiger partial charge is 0.335 e. The van der Waals surface area contributed by atoms with Crippen LogP contribution in [0.5, 0.6) is 5.75 Å². The highest BCUT2D eigenvalue weighted by atomic mass is 35.5. The molecular formula is C14H11ClFNO3. The number of rotatable bonds is 4. The summed E-state index contributed by atoms with van der Waals surface area (Å²) in [6.45, 7) is -0.0526. The summed E-state index contributed by atoms with van der Waals surface area (Å²) >= 11 is 5.66. The molecule has 0 atom stereocenters. The van der Waals surface area contributed by atoms with E-state index in [1.807, 2.05) is 0 Å². The number of nitrogen functional groups attached to an aromatic ring is 1. The van der Waals surface area contributed by atoms with Gasteiger partial charge < -0.3 is 15.6 Å². The quantitative estimate of drug-likeness (QED) is 0.849. The van der Waals surface area contributed by atoms with Crippen LogP contribution in [-0.2, 0) is 6.61 Å². The van der Waals surface area contributed by atoms with Crippen molar-refractivity contribution >= 4 is 23.3 Å². The molecule has 0 saturated heterocycles. The van der Waals surface area contributed by atoms with Gasteiger partial charge in [-0.05, 0) is 24.3 Å². The van der Waals surface area contributed by atoms with E-state index in [-0.39, 0.29) is 28.6 Å². The minimum Gasteiger partial charge on any atom is -0.487 e. The SMILES string of the molecule is Nc1cc(C(=O)O)ccc1OCc1cccc(Cl)c1F. The second-order valence-corrected chi connectivity index (χ2v) is 4.47. The summed E-state index contributed by atoms with van der Waals surface area (Å²) in [5.74, 6) is -1.34. The van der Waals surface area contributed by atoms with Crippen LogP contribution >= 0.6 is 11.6 Å². The van der Waals surface area contributed by atoms with Gasteiger partial charge in [0.25, 0.3) is 0 Å². The topological polar surface area (TPSA) is 72.6 Å². The summed E-state index contributed by atoms with van der Waals surface area (Å²) in [7, 11) is 0. The van der Waals surface area contributed by atoms with Gasteiger partial charge in [0.05, 0.1) is 16.3 Å². The van der Waals surface area contributed by atoms with Gasteiger partial charge in [-0.15, -0.1) is 0 Å². The summed E-state index contributed by atoms with van der Waals surface area (Å²) in [5, 5.41) is 8.83. The number of ether oxygens (including phenoxy) is 1. The molecule has 0 saturated carbocycles. The van der Waals surface area contributed by atoms with Gasteiger partial charge in [0.15, 0.2) is 0 Å². The van der Waals surface area contributed by atoms with E-state index in [0.717, 1.165) is 0 Å². The Morgan fingerprint density at radius 2 is 2.10 bits per heavy atom. The standard InChI is InChI=1S/C14H11ClFNO3/c15-10-3-1-2-9(13(10)16)7-20-12-5-4-8(14(18)19)6-11(12)17/h1-6H,7,17H2,(H,18,19). The van der Waals surface area contributed by atoms with Crippen LogP contribution in [0.15, 0.2) is 36.4 Å². The van der Waals surface area contributed by atoms with Crippen molar-refractivity contribution in [1.29, 1.82) is 0 Å². The highest BCUT2D eigenvalue weighted by Crippen LogP contribution is 2.25. The lowest BCUT2D eigenvalue weighted by atomic mass is 10.2. The minimum atomic E-state index is -1.08. The van der Waals surface area contributed by atoms with Gasteiger partial charge in [0, 0.05) is 5.56 Å². The summed E-state index contributed by atoms with van der Waals surface area (Å²) in [4.78, 5) is 10.8. The van der Waals surface area contributed by atoms with E-state index in [2.05, 4.69) is 0 Å². The predicted octanol–water partition coefficient (Wildman–Crippen LogP) is 3.34. The number of carboxylic acid groups (broad SMARTS) is 1. The van der Waals surface area contributed by atoms with E-state index in [1.54, 1.807) is 12.1 Å². The molecule has 2 aromatic carbocycles. The van der Waals surface area contributed by atoms with Gasteiger partial charge in [-0.2, -0.15) is 0 Å². The number of carbonyl (C=O) groups is 1. The Labute approximate surface area is 119 Å². The fourth-order valence-corrected chi connectivity index (χ4v) is 1.82. The lowest BCUT2D eigenvalue weighted by Crippen LogP contribution is -2.03. The van der Waals surface area contributed by atoms with Crippen LogP contribution in [0.4, 0.5) is 10.1 Å². The fraction of sp³-hybridized carbons (Fsp3) is 0.0714. The molecule has 4 nitrogen and oxygen atoms in total. The third-order valence-electron chi connectivity index (χ3n) is 2.67. The Bertz CT molecular complexity index is 661. The number of carboxylic acids is 1. The first-order chi connectivity index (χ1) is 9.49. The van der Waals surface area contributed by atoms with Gasteiger partial charge >= 0.3 is 5.97 Å². The van der Waals surface area contributed by atoms with Crippen LogP contribution in [-0.4, -0.2) is 11.1 Å². The molecule has 2 aromatic rings. The Morgan fingerprint density at radius 1 is 1.35 bits per heavy atom. The highest BCUT2D eigenvalue weighted by Gasteiger charge is 2.10. The van der Waals surface area contributed by atoms with E-state index < -0.39 is 11.8 Å². The molecule has 20 heavy (non-hydrogen) atoms. The Morgan fingerprint density at radius 3 is 2.75 bits per heavy atom. The van der Waals surface area contributed by atoms with Crippen molar-refractivity contribution in [3.05, 3.63) is 58.4 Å². The van der Waals surface area contributed by atoms with Crippen molar-refractivity contribution in [3.63, 3.8) is 0 Å². The van der Waals surface area contributed by atoms with E-state index >= 15 is 0 Å². The van der Waals surface area contributed by atoms with Crippen molar-refractivity contribution < 1.29 is 19.0 Å². The zero-order chi connectivity index (χ0) is 14.7.